The maximum absolute atomic E-state index is 12.1. The molecule has 2 amide bonds. The number of urea groups is 1. The van der Waals surface area contributed by atoms with E-state index < -0.39 is 0 Å². The van der Waals surface area contributed by atoms with Crippen LogP contribution in [-0.4, -0.2) is 44.9 Å². The number of aryl methyl sites for hydroxylation is 3. The molecular weight excluding hydrogens is 318 g/mol. The number of amides is 2. The number of hydrogen-bond donors (Lipinski definition) is 2. The molecule has 0 saturated carbocycles. The number of carbonyl (C=O) groups excluding carboxylic acids is 1. The van der Waals surface area contributed by atoms with Crippen LogP contribution in [0.3, 0.4) is 0 Å². The number of hydrogen-bond acceptors (Lipinski definition) is 5. The summed E-state index contributed by atoms with van der Waals surface area (Å²) in [4.78, 5) is 23.2. The van der Waals surface area contributed by atoms with E-state index in [1.807, 2.05) is 33.0 Å². The lowest BCUT2D eigenvalue weighted by molar-refractivity contribution is 0.246. The number of piperidine rings is 1. The van der Waals surface area contributed by atoms with E-state index in [9.17, 15) is 4.79 Å². The SMILES string of the molecule is CCn1cc(NC(=O)NC2CCN(c3cc(C)nc(C)n3)CC2)cn1. The van der Waals surface area contributed by atoms with Gasteiger partial charge in [0.15, 0.2) is 0 Å². The molecule has 2 aromatic heterocycles. The molecule has 0 radical (unpaired) electrons. The first-order chi connectivity index (χ1) is 12.0. The molecule has 8 nitrogen and oxygen atoms in total. The van der Waals surface area contributed by atoms with Crippen molar-refractivity contribution in [3.05, 3.63) is 30.0 Å². The van der Waals surface area contributed by atoms with Gasteiger partial charge in [-0.15, -0.1) is 0 Å². The lowest BCUT2D eigenvalue weighted by Gasteiger charge is -2.33. The van der Waals surface area contributed by atoms with Gasteiger partial charge in [0.2, 0.25) is 0 Å². The Hall–Kier alpha value is -2.64. The van der Waals surface area contributed by atoms with E-state index in [1.165, 1.54) is 0 Å². The summed E-state index contributed by atoms with van der Waals surface area (Å²) in [5.41, 5.74) is 1.69. The minimum absolute atomic E-state index is 0.168. The summed E-state index contributed by atoms with van der Waals surface area (Å²) in [6.07, 6.45) is 5.26. The van der Waals surface area contributed by atoms with E-state index in [4.69, 9.17) is 0 Å². The Bertz CT molecular complexity index is 714. The third-order valence-electron chi connectivity index (χ3n) is 4.32. The zero-order chi connectivity index (χ0) is 17.8. The van der Waals surface area contributed by atoms with Gasteiger partial charge < -0.3 is 15.5 Å². The molecule has 1 saturated heterocycles. The van der Waals surface area contributed by atoms with Gasteiger partial charge in [-0.3, -0.25) is 4.68 Å². The number of rotatable bonds is 4. The van der Waals surface area contributed by atoms with Gasteiger partial charge in [0.1, 0.15) is 11.6 Å². The van der Waals surface area contributed by atoms with Crippen molar-refractivity contribution >= 4 is 17.5 Å². The van der Waals surface area contributed by atoms with E-state index in [0.717, 1.165) is 49.8 Å². The van der Waals surface area contributed by atoms with Gasteiger partial charge in [0, 0.05) is 43.6 Å². The molecule has 3 rings (SSSR count). The van der Waals surface area contributed by atoms with Gasteiger partial charge >= 0.3 is 6.03 Å². The van der Waals surface area contributed by atoms with Gasteiger partial charge in [-0.1, -0.05) is 0 Å². The minimum atomic E-state index is -0.178. The maximum Gasteiger partial charge on any atom is 0.319 e. The second-order valence-corrected chi connectivity index (χ2v) is 6.36. The Labute approximate surface area is 147 Å². The van der Waals surface area contributed by atoms with Crippen molar-refractivity contribution in [1.82, 2.24) is 25.1 Å². The molecule has 2 N–H and O–H groups in total. The summed E-state index contributed by atoms with van der Waals surface area (Å²) < 4.78 is 1.78. The Morgan fingerprint density at radius 1 is 1.28 bits per heavy atom. The first-order valence-electron chi connectivity index (χ1n) is 8.70. The fraction of sp³-hybridized carbons (Fsp3) is 0.529. The monoisotopic (exact) mass is 343 g/mol. The molecule has 1 aliphatic rings. The Morgan fingerprint density at radius 2 is 2.04 bits per heavy atom. The van der Waals surface area contributed by atoms with Gasteiger partial charge in [0.25, 0.3) is 0 Å². The highest BCUT2D eigenvalue weighted by molar-refractivity contribution is 5.89. The average Bonchev–Trinajstić information content (AvgIpc) is 3.02. The fourth-order valence-electron chi connectivity index (χ4n) is 3.07. The molecule has 25 heavy (non-hydrogen) atoms. The van der Waals surface area contributed by atoms with Crippen LogP contribution in [-0.2, 0) is 6.54 Å². The molecule has 0 aromatic carbocycles. The molecule has 2 aromatic rings. The first-order valence-corrected chi connectivity index (χ1v) is 8.70. The molecule has 0 unspecified atom stereocenters. The predicted octanol–water partition coefficient (Wildman–Crippen LogP) is 2.10. The maximum atomic E-state index is 12.1. The molecule has 3 heterocycles. The molecule has 134 valence electrons. The van der Waals surface area contributed by atoms with Gasteiger partial charge in [-0.2, -0.15) is 5.10 Å². The summed E-state index contributed by atoms with van der Waals surface area (Å²) in [5.74, 6) is 1.77. The number of carbonyl (C=O) groups is 1. The van der Waals surface area contributed by atoms with Crippen LogP contribution in [0.25, 0.3) is 0 Å². The van der Waals surface area contributed by atoms with Crippen molar-refractivity contribution in [3.8, 4) is 0 Å². The van der Waals surface area contributed by atoms with E-state index >= 15 is 0 Å². The number of aromatic nitrogens is 4. The highest BCUT2D eigenvalue weighted by Gasteiger charge is 2.22. The topological polar surface area (TPSA) is 88.0 Å². The highest BCUT2D eigenvalue weighted by atomic mass is 16.2. The summed E-state index contributed by atoms with van der Waals surface area (Å²) in [5, 5.41) is 10.0. The third kappa shape index (κ3) is 4.46. The van der Waals surface area contributed by atoms with Crippen LogP contribution < -0.4 is 15.5 Å². The van der Waals surface area contributed by atoms with Crippen LogP contribution in [0.1, 0.15) is 31.3 Å². The first kappa shape index (κ1) is 17.2. The predicted molar refractivity (Wildman–Crippen MR) is 96.8 cm³/mol. The molecule has 8 heteroatoms. The Balaban J connectivity index is 1.49. The lowest BCUT2D eigenvalue weighted by Crippen LogP contribution is -2.46. The Morgan fingerprint density at radius 3 is 2.68 bits per heavy atom. The van der Waals surface area contributed by atoms with Crippen LogP contribution in [0, 0.1) is 13.8 Å². The van der Waals surface area contributed by atoms with Crippen molar-refractivity contribution in [2.75, 3.05) is 23.3 Å². The van der Waals surface area contributed by atoms with Crippen molar-refractivity contribution in [3.63, 3.8) is 0 Å². The molecule has 0 bridgehead atoms. The van der Waals surface area contributed by atoms with Crippen LogP contribution in [0.15, 0.2) is 18.5 Å². The minimum Gasteiger partial charge on any atom is -0.356 e. The molecule has 0 aliphatic carbocycles. The quantitative estimate of drug-likeness (QED) is 0.887. The third-order valence-corrected chi connectivity index (χ3v) is 4.32. The molecular formula is C17H25N7O. The zero-order valence-electron chi connectivity index (χ0n) is 15.0. The van der Waals surface area contributed by atoms with Crippen LogP contribution >= 0.6 is 0 Å². The van der Waals surface area contributed by atoms with E-state index in [2.05, 4.69) is 30.6 Å². The fourth-order valence-corrected chi connectivity index (χ4v) is 3.07. The normalized spacial score (nSPS) is 15.2. The summed E-state index contributed by atoms with van der Waals surface area (Å²) >= 11 is 0. The standard InChI is InChI=1S/C17H25N7O/c1-4-24-11-15(10-18-24)22-17(25)21-14-5-7-23(8-6-14)16-9-12(2)19-13(3)20-16/h9-11,14H,4-8H2,1-3H3,(H2,21,22,25). The summed E-state index contributed by atoms with van der Waals surface area (Å²) in [6, 6.07) is 2.00. The summed E-state index contributed by atoms with van der Waals surface area (Å²) in [7, 11) is 0. The summed E-state index contributed by atoms with van der Waals surface area (Å²) in [6.45, 7) is 8.42. The van der Waals surface area contributed by atoms with E-state index in [-0.39, 0.29) is 12.1 Å². The van der Waals surface area contributed by atoms with Crippen molar-refractivity contribution < 1.29 is 4.79 Å². The lowest BCUT2D eigenvalue weighted by atomic mass is 10.1. The van der Waals surface area contributed by atoms with Crippen molar-refractivity contribution in [2.24, 2.45) is 0 Å². The van der Waals surface area contributed by atoms with Crippen LogP contribution in [0.4, 0.5) is 16.3 Å². The number of nitrogens with one attached hydrogen (secondary N) is 2. The van der Waals surface area contributed by atoms with E-state index in [0.29, 0.717) is 5.69 Å². The zero-order valence-corrected chi connectivity index (χ0v) is 15.0. The van der Waals surface area contributed by atoms with Gasteiger partial charge in [0.05, 0.1) is 11.9 Å². The van der Waals surface area contributed by atoms with Crippen LogP contribution in [0.2, 0.25) is 0 Å². The molecule has 0 spiro atoms. The van der Waals surface area contributed by atoms with E-state index in [1.54, 1.807) is 10.9 Å². The second-order valence-electron chi connectivity index (χ2n) is 6.36. The van der Waals surface area contributed by atoms with Crippen LogP contribution in [0.5, 0.6) is 0 Å². The smallest absolute Gasteiger partial charge is 0.319 e. The molecule has 0 atom stereocenters. The largest absolute Gasteiger partial charge is 0.356 e. The van der Waals surface area contributed by atoms with Crippen molar-refractivity contribution in [1.29, 1.82) is 0 Å². The molecule has 1 aliphatic heterocycles. The second kappa shape index (κ2) is 7.50. The van der Waals surface area contributed by atoms with Gasteiger partial charge in [-0.25, -0.2) is 14.8 Å². The highest BCUT2D eigenvalue weighted by Crippen LogP contribution is 2.19. The van der Waals surface area contributed by atoms with Crippen molar-refractivity contribution in [2.45, 2.75) is 46.2 Å². The number of nitrogens with zero attached hydrogens (tertiary/aromatic N) is 5. The Kier molecular flexibility index (Phi) is 5.16. The number of anilines is 2. The average molecular weight is 343 g/mol. The molecule has 1 fully saturated rings. The van der Waals surface area contributed by atoms with Gasteiger partial charge in [-0.05, 0) is 33.6 Å².